The minimum Gasteiger partial charge on any atom is -0.617 e. The van der Waals surface area contributed by atoms with Gasteiger partial charge in [0.1, 0.15) is 6.04 Å². The van der Waals surface area contributed by atoms with Crippen molar-refractivity contribution < 1.29 is 14.2 Å². The SMILES string of the molecule is CCC(C)(C)C(=O)[N+]([O-])(C(=O)CCC(C)C)C1CCCNCC1. The van der Waals surface area contributed by atoms with Gasteiger partial charge in [0.2, 0.25) is 0 Å². The molecule has 0 aliphatic carbocycles. The van der Waals surface area contributed by atoms with E-state index >= 15 is 0 Å². The second kappa shape index (κ2) is 8.36. The van der Waals surface area contributed by atoms with Crippen LogP contribution >= 0.6 is 0 Å². The van der Waals surface area contributed by atoms with Crippen LogP contribution in [-0.2, 0) is 9.59 Å². The summed E-state index contributed by atoms with van der Waals surface area (Å²) >= 11 is 0. The second-order valence-corrected chi connectivity index (χ2v) is 7.86. The third-order valence-corrected chi connectivity index (χ3v) is 5.13. The predicted octanol–water partition coefficient (Wildman–Crippen LogP) is 3.37. The number of carbonyl (C=O) groups excluding carboxylic acids is 2. The van der Waals surface area contributed by atoms with Gasteiger partial charge in [0.15, 0.2) is 0 Å². The van der Waals surface area contributed by atoms with Crippen LogP contribution in [0.3, 0.4) is 0 Å². The summed E-state index contributed by atoms with van der Waals surface area (Å²) in [6.45, 7) is 11.1. The first kappa shape index (κ1) is 20.3. The zero-order valence-electron chi connectivity index (χ0n) is 15.5. The van der Waals surface area contributed by atoms with Gasteiger partial charge in [-0.25, -0.2) is 14.2 Å². The Morgan fingerprint density at radius 2 is 1.91 bits per heavy atom. The van der Waals surface area contributed by atoms with Crippen molar-refractivity contribution in [3.8, 4) is 0 Å². The van der Waals surface area contributed by atoms with Crippen molar-refractivity contribution >= 4 is 11.8 Å². The Morgan fingerprint density at radius 1 is 1.26 bits per heavy atom. The number of nitrogens with one attached hydrogen (secondary N) is 1. The zero-order chi connectivity index (χ0) is 17.7. The molecule has 0 aromatic carbocycles. The Morgan fingerprint density at radius 3 is 2.48 bits per heavy atom. The Bertz CT molecular complexity index is 412. The third-order valence-electron chi connectivity index (χ3n) is 5.13. The van der Waals surface area contributed by atoms with Crippen molar-refractivity contribution in [2.75, 3.05) is 13.1 Å². The van der Waals surface area contributed by atoms with Crippen LogP contribution in [0.4, 0.5) is 0 Å². The number of rotatable bonds is 6. The topological polar surface area (TPSA) is 69.2 Å². The number of amides is 2. The molecule has 23 heavy (non-hydrogen) atoms. The fourth-order valence-electron chi connectivity index (χ4n) is 3.03. The summed E-state index contributed by atoms with van der Waals surface area (Å²) in [6.07, 6.45) is 3.47. The molecule has 2 unspecified atom stereocenters. The first-order valence-corrected chi connectivity index (χ1v) is 9.05. The normalized spacial score (nSPS) is 22.5. The molecule has 2 amide bonds. The van der Waals surface area contributed by atoms with Crippen LogP contribution in [-0.4, -0.2) is 35.6 Å². The molecular formula is C18H34N2O3. The molecule has 1 fully saturated rings. The first-order valence-electron chi connectivity index (χ1n) is 9.05. The standard InChI is InChI=1S/C18H34N2O3/c1-6-18(4,5)17(22)20(23,16(21)10-9-14(2)3)15-8-7-12-19-13-11-15/h14-15,19H,6-13H2,1-5H3. The Kier molecular flexibility index (Phi) is 7.36. The van der Waals surface area contributed by atoms with Crippen molar-refractivity contribution in [1.29, 1.82) is 0 Å². The number of imide groups is 1. The van der Waals surface area contributed by atoms with Gasteiger partial charge in [-0.1, -0.05) is 20.8 Å². The van der Waals surface area contributed by atoms with Crippen LogP contribution in [0.5, 0.6) is 0 Å². The van der Waals surface area contributed by atoms with E-state index in [2.05, 4.69) is 5.32 Å². The van der Waals surface area contributed by atoms with Crippen LogP contribution < -0.4 is 5.32 Å². The maximum absolute atomic E-state index is 13.6. The summed E-state index contributed by atoms with van der Waals surface area (Å²) in [5, 5.41) is 16.9. The molecule has 2 atom stereocenters. The number of quaternary nitrogens is 1. The average molecular weight is 326 g/mol. The van der Waals surface area contributed by atoms with Gasteiger partial charge in [0, 0.05) is 19.4 Å². The monoisotopic (exact) mass is 326 g/mol. The van der Waals surface area contributed by atoms with Gasteiger partial charge in [-0.3, -0.25) is 0 Å². The molecule has 0 aromatic rings. The summed E-state index contributed by atoms with van der Waals surface area (Å²) in [7, 11) is 0. The van der Waals surface area contributed by atoms with Gasteiger partial charge in [-0.05, 0) is 45.6 Å². The molecule has 0 bridgehead atoms. The lowest BCUT2D eigenvalue weighted by atomic mass is 9.86. The highest BCUT2D eigenvalue weighted by atomic mass is 16.6. The largest absolute Gasteiger partial charge is 0.617 e. The minimum absolute atomic E-state index is 0.191. The second-order valence-electron chi connectivity index (χ2n) is 7.86. The van der Waals surface area contributed by atoms with E-state index in [0.29, 0.717) is 38.1 Å². The molecule has 134 valence electrons. The molecular weight excluding hydrogens is 292 g/mol. The van der Waals surface area contributed by atoms with Gasteiger partial charge in [0.25, 0.3) is 0 Å². The average Bonchev–Trinajstić information content (AvgIpc) is 2.80. The first-order chi connectivity index (χ1) is 10.7. The molecule has 5 nitrogen and oxygen atoms in total. The molecule has 0 spiro atoms. The zero-order valence-corrected chi connectivity index (χ0v) is 15.5. The smallest absolute Gasteiger partial charge is 0.326 e. The number of hydrogen-bond donors (Lipinski definition) is 1. The molecule has 1 rings (SSSR count). The number of hydrogen-bond acceptors (Lipinski definition) is 4. The van der Waals surface area contributed by atoms with Gasteiger partial charge >= 0.3 is 11.8 Å². The van der Waals surface area contributed by atoms with Crippen LogP contribution in [0.25, 0.3) is 0 Å². The summed E-state index contributed by atoms with van der Waals surface area (Å²) in [4.78, 5) is 25.8. The van der Waals surface area contributed by atoms with Gasteiger partial charge < -0.3 is 10.5 Å². The molecule has 5 heteroatoms. The maximum atomic E-state index is 13.6. The van der Waals surface area contributed by atoms with E-state index in [1.807, 2.05) is 20.8 Å². The quantitative estimate of drug-likeness (QED) is 0.600. The summed E-state index contributed by atoms with van der Waals surface area (Å²) in [6, 6.07) is -0.442. The van der Waals surface area contributed by atoms with Crippen molar-refractivity contribution in [1.82, 2.24) is 5.32 Å². The molecule has 1 heterocycles. The van der Waals surface area contributed by atoms with E-state index < -0.39 is 27.9 Å². The molecule has 0 saturated carbocycles. The van der Waals surface area contributed by atoms with E-state index in [-0.39, 0.29) is 6.42 Å². The lowest BCUT2D eigenvalue weighted by molar-refractivity contribution is -0.760. The molecule has 1 aliphatic heterocycles. The highest BCUT2D eigenvalue weighted by molar-refractivity contribution is 5.88. The van der Waals surface area contributed by atoms with E-state index in [4.69, 9.17) is 0 Å². The third kappa shape index (κ3) is 4.85. The minimum atomic E-state index is -1.25. The van der Waals surface area contributed by atoms with Crippen molar-refractivity contribution in [3.05, 3.63) is 5.21 Å². The number of hydroxylamine groups is 3. The van der Waals surface area contributed by atoms with Crippen LogP contribution in [0.15, 0.2) is 0 Å². The van der Waals surface area contributed by atoms with E-state index in [9.17, 15) is 14.8 Å². The summed E-state index contributed by atoms with van der Waals surface area (Å²) in [5.74, 6) is -0.560. The number of nitrogens with zero attached hydrogens (tertiary/aromatic N) is 1. The Labute approximate surface area is 141 Å². The fraction of sp³-hybridized carbons (Fsp3) is 0.889. The molecule has 0 radical (unpaired) electrons. The van der Waals surface area contributed by atoms with E-state index in [1.54, 1.807) is 13.8 Å². The van der Waals surface area contributed by atoms with Crippen LogP contribution in [0, 0.1) is 16.5 Å². The molecule has 1 N–H and O–H groups in total. The molecule has 1 aliphatic rings. The van der Waals surface area contributed by atoms with Gasteiger partial charge in [0.05, 0.1) is 11.8 Å². The summed E-state index contributed by atoms with van der Waals surface area (Å²) in [5.41, 5.74) is -0.769. The number of carbonyl (C=O) groups is 2. The lowest BCUT2D eigenvalue weighted by Crippen LogP contribution is -2.62. The van der Waals surface area contributed by atoms with Crippen molar-refractivity contribution in [2.45, 2.75) is 79.2 Å². The fourth-order valence-corrected chi connectivity index (χ4v) is 3.03. The van der Waals surface area contributed by atoms with E-state index in [0.717, 1.165) is 13.0 Å². The highest BCUT2D eigenvalue weighted by Crippen LogP contribution is 2.33. The highest BCUT2D eigenvalue weighted by Gasteiger charge is 2.48. The Balaban J connectivity index is 3.12. The maximum Gasteiger partial charge on any atom is 0.326 e. The van der Waals surface area contributed by atoms with Crippen LogP contribution in [0.2, 0.25) is 0 Å². The van der Waals surface area contributed by atoms with E-state index in [1.165, 1.54) is 0 Å². The Hall–Kier alpha value is -0.780. The lowest BCUT2D eigenvalue weighted by Gasteiger charge is -2.46. The van der Waals surface area contributed by atoms with Crippen molar-refractivity contribution in [3.63, 3.8) is 0 Å². The molecule has 0 aromatic heterocycles. The van der Waals surface area contributed by atoms with Gasteiger partial charge in [-0.15, -0.1) is 0 Å². The van der Waals surface area contributed by atoms with Gasteiger partial charge in [-0.2, -0.15) is 0 Å². The predicted molar refractivity (Wildman–Crippen MR) is 92.3 cm³/mol. The van der Waals surface area contributed by atoms with Crippen molar-refractivity contribution in [2.24, 2.45) is 11.3 Å². The van der Waals surface area contributed by atoms with Crippen LogP contribution in [0.1, 0.15) is 73.1 Å². The molecule has 1 saturated heterocycles. The summed E-state index contributed by atoms with van der Waals surface area (Å²) < 4.78 is -1.25.